The molecule has 1 atom stereocenters. The molecule has 1 unspecified atom stereocenters. The Morgan fingerprint density at radius 3 is 2.45 bits per heavy atom. The molecular weight excluding hydrogens is 152 g/mol. The van der Waals surface area contributed by atoms with Crippen LogP contribution in [0.25, 0.3) is 0 Å². The van der Waals surface area contributed by atoms with E-state index in [1.807, 2.05) is 0 Å². The summed E-state index contributed by atoms with van der Waals surface area (Å²) in [7, 11) is 0.0318. The highest BCUT2D eigenvalue weighted by Crippen LogP contribution is 2.15. The Labute approximate surface area is 72.5 Å². The molecular formula is C8H20N2Si. The summed E-state index contributed by atoms with van der Waals surface area (Å²) < 4.78 is 5.29. The first-order valence-electron chi connectivity index (χ1n) is 4.77. The molecule has 0 bridgehead atoms. The standard InChI is InChI=1S/C8H20N2Si/c1-4-6-7-10-8(3)9(5-2)11-10/h8H,4-7,11H2,1-3H3. The van der Waals surface area contributed by atoms with Crippen LogP contribution in [0.2, 0.25) is 0 Å². The largest absolute Gasteiger partial charge is 0.302 e. The summed E-state index contributed by atoms with van der Waals surface area (Å²) in [6.07, 6.45) is 3.48. The Balaban J connectivity index is 2.11. The van der Waals surface area contributed by atoms with Crippen LogP contribution in [0.5, 0.6) is 0 Å². The van der Waals surface area contributed by atoms with Crippen LogP contribution >= 0.6 is 0 Å². The molecule has 1 heterocycles. The summed E-state index contributed by atoms with van der Waals surface area (Å²) in [6.45, 7) is 9.47. The topological polar surface area (TPSA) is 6.48 Å². The van der Waals surface area contributed by atoms with Crippen molar-refractivity contribution in [3.05, 3.63) is 0 Å². The first kappa shape index (κ1) is 9.23. The molecule has 0 saturated carbocycles. The van der Waals surface area contributed by atoms with E-state index in [0.29, 0.717) is 0 Å². The predicted octanol–water partition coefficient (Wildman–Crippen LogP) is 0.769. The monoisotopic (exact) mass is 172 g/mol. The molecule has 0 N–H and O–H groups in total. The van der Waals surface area contributed by atoms with Crippen LogP contribution < -0.4 is 0 Å². The fraction of sp³-hybridized carbons (Fsp3) is 1.00. The van der Waals surface area contributed by atoms with Crippen molar-refractivity contribution in [3.63, 3.8) is 0 Å². The van der Waals surface area contributed by atoms with Crippen molar-refractivity contribution >= 4 is 9.84 Å². The van der Waals surface area contributed by atoms with E-state index in [9.17, 15) is 0 Å². The van der Waals surface area contributed by atoms with E-state index in [1.54, 1.807) is 0 Å². The molecule has 0 aromatic carbocycles. The number of unbranched alkanes of at least 4 members (excludes halogenated alkanes) is 1. The van der Waals surface area contributed by atoms with Crippen molar-refractivity contribution in [3.8, 4) is 0 Å². The third-order valence-corrected chi connectivity index (χ3v) is 5.17. The zero-order valence-electron chi connectivity index (χ0n) is 8.01. The van der Waals surface area contributed by atoms with Gasteiger partial charge in [-0.15, -0.1) is 0 Å². The van der Waals surface area contributed by atoms with Gasteiger partial charge in [0.05, 0.1) is 0 Å². The van der Waals surface area contributed by atoms with Gasteiger partial charge in [-0.1, -0.05) is 20.3 Å². The lowest BCUT2D eigenvalue weighted by Crippen LogP contribution is -2.65. The number of hydrogen-bond acceptors (Lipinski definition) is 2. The maximum atomic E-state index is 2.67. The van der Waals surface area contributed by atoms with Gasteiger partial charge in [0.1, 0.15) is 0 Å². The van der Waals surface area contributed by atoms with Crippen LogP contribution in [-0.4, -0.2) is 38.2 Å². The number of hydrogen-bond donors (Lipinski definition) is 0. The Morgan fingerprint density at radius 2 is 2.00 bits per heavy atom. The molecule has 1 saturated heterocycles. The van der Waals surface area contributed by atoms with Crippen molar-refractivity contribution in [1.29, 1.82) is 0 Å². The molecule has 1 fully saturated rings. The van der Waals surface area contributed by atoms with Gasteiger partial charge in [0.2, 0.25) is 0 Å². The number of nitrogens with zero attached hydrogens (tertiary/aromatic N) is 2. The van der Waals surface area contributed by atoms with E-state index in [2.05, 4.69) is 29.9 Å². The van der Waals surface area contributed by atoms with Gasteiger partial charge in [-0.2, -0.15) is 0 Å². The smallest absolute Gasteiger partial charge is 0.175 e. The first-order valence-corrected chi connectivity index (χ1v) is 6.04. The van der Waals surface area contributed by atoms with E-state index in [-0.39, 0.29) is 9.84 Å². The van der Waals surface area contributed by atoms with Crippen molar-refractivity contribution in [2.24, 2.45) is 0 Å². The van der Waals surface area contributed by atoms with Crippen LogP contribution in [0.1, 0.15) is 33.6 Å². The van der Waals surface area contributed by atoms with Crippen molar-refractivity contribution in [2.75, 3.05) is 13.1 Å². The van der Waals surface area contributed by atoms with Gasteiger partial charge in [-0.05, 0) is 26.4 Å². The molecule has 66 valence electrons. The molecule has 11 heavy (non-hydrogen) atoms. The van der Waals surface area contributed by atoms with Crippen molar-refractivity contribution < 1.29 is 0 Å². The third-order valence-electron chi connectivity index (χ3n) is 2.63. The summed E-state index contributed by atoms with van der Waals surface area (Å²) >= 11 is 0. The molecule has 0 spiro atoms. The van der Waals surface area contributed by atoms with Gasteiger partial charge in [-0.3, -0.25) is 0 Å². The lowest BCUT2D eigenvalue weighted by atomic mass is 10.3. The molecule has 2 nitrogen and oxygen atoms in total. The molecule has 1 aliphatic rings. The highest BCUT2D eigenvalue weighted by Gasteiger charge is 2.30. The second kappa shape index (κ2) is 4.23. The van der Waals surface area contributed by atoms with E-state index < -0.39 is 0 Å². The molecule has 0 aliphatic carbocycles. The fourth-order valence-corrected chi connectivity index (χ4v) is 3.25. The Bertz CT molecular complexity index is 117. The zero-order chi connectivity index (χ0) is 8.27. The van der Waals surface area contributed by atoms with Gasteiger partial charge in [-0.25, -0.2) is 0 Å². The van der Waals surface area contributed by atoms with Crippen molar-refractivity contribution in [2.45, 2.75) is 39.8 Å². The first-order chi connectivity index (χ1) is 5.29. The lowest BCUT2D eigenvalue weighted by Gasteiger charge is -2.49. The highest BCUT2D eigenvalue weighted by atomic mass is 28.2. The van der Waals surface area contributed by atoms with E-state index in [0.717, 1.165) is 6.17 Å². The third kappa shape index (κ3) is 2.04. The van der Waals surface area contributed by atoms with Gasteiger partial charge in [0.15, 0.2) is 9.84 Å². The molecule has 0 radical (unpaired) electrons. The summed E-state index contributed by atoms with van der Waals surface area (Å²) in [4.78, 5) is 0. The van der Waals surface area contributed by atoms with Gasteiger partial charge < -0.3 is 9.13 Å². The normalized spacial score (nSPS) is 29.2. The maximum Gasteiger partial charge on any atom is 0.175 e. The van der Waals surface area contributed by atoms with Crippen LogP contribution in [0.4, 0.5) is 0 Å². The number of rotatable bonds is 4. The van der Waals surface area contributed by atoms with Gasteiger partial charge in [0.25, 0.3) is 0 Å². The van der Waals surface area contributed by atoms with Crippen LogP contribution in [0.3, 0.4) is 0 Å². The summed E-state index contributed by atoms with van der Waals surface area (Å²) in [6, 6.07) is 0. The summed E-state index contributed by atoms with van der Waals surface area (Å²) in [5.41, 5.74) is 0. The maximum absolute atomic E-state index is 2.67. The van der Waals surface area contributed by atoms with Crippen molar-refractivity contribution in [1.82, 2.24) is 9.13 Å². The Kier molecular flexibility index (Phi) is 3.55. The van der Waals surface area contributed by atoms with E-state index in [1.165, 1.54) is 25.9 Å². The molecule has 1 aliphatic heterocycles. The molecule has 0 aromatic rings. The van der Waals surface area contributed by atoms with Crippen LogP contribution in [0, 0.1) is 0 Å². The van der Waals surface area contributed by atoms with Gasteiger partial charge >= 0.3 is 0 Å². The molecule has 0 amide bonds. The summed E-state index contributed by atoms with van der Waals surface area (Å²) in [5.74, 6) is 0. The molecule has 1 rings (SSSR count). The van der Waals surface area contributed by atoms with Crippen LogP contribution in [0.15, 0.2) is 0 Å². The van der Waals surface area contributed by atoms with E-state index in [4.69, 9.17) is 0 Å². The minimum Gasteiger partial charge on any atom is -0.302 e. The van der Waals surface area contributed by atoms with Crippen LogP contribution in [-0.2, 0) is 0 Å². The molecule has 0 aromatic heterocycles. The zero-order valence-corrected chi connectivity index (χ0v) is 9.42. The quantitative estimate of drug-likeness (QED) is 0.578. The summed E-state index contributed by atoms with van der Waals surface area (Å²) in [5, 5.41) is 0. The minimum absolute atomic E-state index is 0.0318. The molecule has 3 heteroatoms. The lowest BCUT2D eigenvalue weighted by molar-refractivity contribution is 0.114. The average Bonchev–Trinajstić information content (AvgIpc) is 2.03. The Morgan fingerprint density at radius 1 is 1.27 bits per heavy atom. The highest BCUT2D eigenvalue weighted by molar-refractivity contribution is 6.32. The predicted molar refractivity (Wildman–Crippen MR) is 52.0 cm³/mol. The van der Waals surface area contributed by atoms with E-state index >= 15 is 0 Å². The average molecular weight is 172 g/mol. The fourth-order valence-electron chi connectivity index (χ4n) is 1.59. The van der Waals surface area contributed by atoms with Gasteiger partial charge in [0, 0.05) is 6.17 Å². The Hall–Kier alpha value is 0.137. The second-order valence-corrected chi connectivity index (χ2v) is 5.25. The minimum atomic E-state index is 0.0318. The second-order valence-electron chi connectivity index (χ2n) is 3.34. The SMILES string of the molecule is CCCCN1[SiH2]N(CC)C1C.